The van der Waals surface area contributed by atoms with Gasteiger partial charge in [0.1, 0.15) is 0 Å². The Balaban J connectivity index is 2.19. The van der Waals surface area contributed by atoms with Gasteiger partial charge in [0.2, 0.25) is 5.91 Å². The molecule has 8 heteroatoms. The lowest BCUT2D eigenvalue weighted by atomic mass is 10.3. The Labute approximate surface area is 105 Å². The van der Waals surface area contributed by atoms with E-state index < -0.39 is 24.1 Å². The van der Waals surface area contributed by atoms with Crippen molar-refractivity contribution in [2.45, 2.75) is 12.2 Å². The van der Waals surface area contributed by atoms with Crippen LogP contribution >= 0.6 is 0 Å². The summed E-state index contributed by atoms with van der Waals surface area (Å²) in [6, 6.07) is -0.586. The smallest absolute Gasteiger partial charge is 0.321 e. The van der Waals surface area contributed by atoms with Gasteiger partial charge in [-0.15, -0.1) is 0 Å². The largest absolute Gasteiger partial charge is 0.389 e. The minimum Gasteiger partial charge on any atom is -0.389 e. The molecule has 0 unspecified atom stereocenters. The topological polar surface area (TPSA) is 111 Å². The summed E-state index contributed by atoms with van der Waals surface area (Å²) in [6.07, 6.45) is -1.68. The van der Waals surface area contributed by atoms with Gasteiger partial charge in [-0.2, -0.15) is 0 Å². The minimum atomic E-state index is -0.840. The quantitative estimate of drug-likeness (QED) is 0.407. The number of nitrogens with one attached hydrogen (secondary N) is 2. The van der Waals surface area contributed by atoms with E-state index in [9.17, 15) is 19.8 Å². The molecule has 1 fully saturated rings. The van der Waals surface area contributed by atoms with Gasteiger partial charge in [-0.25, -0.2) is 4.79 Å². The average molecular weight is 261 g/mol. The number of methoxy groups -OCH3 is 1. The predicted octanol–water partition coefficient (Wildman–Crippen LogP) is -2.50. The van der Waals surface area contributed by atoms with E-state index >= 15 is 0 Å². The van der Waals surface area contributed by atoms with Gasteiger partial charge in [0.15, 0.2) is 0 Å². The van der Waals surface area contributed by atoms with Gasteiger partial charge in [-0.1, -0.05) is 0 Å². The van der Waals surface area contributed by atoms with Crippen molar-refractivity contribution in [3.05, 3.63) is 0 Å². The predicted molar refractivity (Wildman–Crippen MR) is 61.9 cm³/mol. The maximum absolute atomic E-state index is 11.4. The van der Waals surface area contributed by atoms with Crippen molar-refractivity contribution >= 4 is 11.9 Å². The third kappa shape index (κ3) is 4.96. The second-order valence-corrected chi connectivity index (χ2v) is 4.13. The van der Waals surface area contributed by atoms with E-state index in [4.69, 9.17) is 4.74 Å². The first-order chi connectivity index (χ1) is 8.52. The summed E-state index contributed by atoms with van der Waals surface area (Å²) < 4.78 is 4.74. The van der Waals surface area contributed by atoms with Crippen molar-refractivity contribution in [2.75, 3.05) is 39.9 Å². The average Bonchev–Trinajstić information content (AvgIpc) is 2.57. The molecule has 1 rings (SSSR count). The van der Waals surface area contributed by atoms with Crippen LogP contribution in [-0.4, -0.2) is 79.2 Å². The van der Waals surface area contributed by atoms with Crippen molar-refractivity contribution in [3.63, 3.8) is 0 Å². The monoisotopic (exact) mass is 261 g/mol. The lowest BCUT2D eigenvalue weighted by Crippen LogP contribution is -2.45. The molecule has 3 amide bonds. The third-order valence-electron chi connectivity index (χ3n) is 2.55. The van der Waals surface area contributed by atoms with Gasteiger partial charge in [-0.3, -0.25) is 15.0 Å². The number of nitrogens with zero attached hydrogens (tertiary/aromatic N) is 1. The fraction of sp³-hybridized carbons (Fsp3) is 0.800. The number of urea groups is 1. The van der Waals surface area contributed by atoms with Crippen molar-refractivity contribution < 1.29 is 24.5 Å². The normalized spacial score (nSPS) is 23.9. The Bertz CT molecular complexity index is 289. The number of hydrogen-bond donors (Lipinski definition) is 4. The fourth-order valence-corrected chi connectivity index (χ4v) is 1.66. The van der Waals surface area contributed by atoms with Gasteiger partial charge in [0.05, 0.1) is 25.4 Å². The van der Waals surface area contributed by atoms with E-state index in [-0.39, 0.29) is 19.6 Å². The first-order valence-corrected chi connectivity index (χ1v) is 5.68. The minimum absolute atomic E-state index is 0.0359. The van der Waals surface area contributed by atoms with Crippen LogP contribution in [0.4, 0.5) is 4.79 Å². The first-order valence-electron chi connectivity index (χ1n) is 5.68. The molecule has 1 heterocycles. The summed E-state index contributed by atoms with van der Waals surface area (Å²) in [5.41, 5.74) is 0. The highest BCUT2D eigenvalue weighted by molar-refractivity contribution is 5.95. The molecule has 0 aromatic carbocycles. The van der Waals surface area contributed by atoms with Gasteiger partial charge >= 0.3 is 6.03 Å². The number of β-amino-alcohol motifs (C(OH)–C–C–N with tert-alkyl or cyclic N) is 2. The Hall–Kier alpha value is -1.22. The number of ether oxygens (including phenoxy) is 1. The molecule has 2 atom stereocenters. The molecule has 0 spiro atoms. The van der Waals surface area contributed by atoms with Crippen molar-refractivity contribution in [2.24, 2.45) is 0 Å². The molecule has 8 nitrogen and oxygen atoms in total. The van der Waals surface area contributed by atoms with Gasteiger partial charge in [-0.05, 0) is 0 Å². The number of hydrogen-bond acceptors (Lipinski definition) is 6. The number of carbonyl (C=O) groups is 2. The maximum atomic E-state index is 11.4. The second-order valence-electron chi connectivity index (χ2n) is 4.13. The van der Waals surface area contributed by atoms with Crippen molar-refractivity contribution in [1.82, 2.24) is 15.5 Å². The zero-order valence-corrected chi connectivity index (χ0v) is 10.3. The zero-order valence-electron chi connectivity index (χ0n) is 10.3. The van der Waals surface area contributed by atoms with Crippen LogP contribution in [0.5, 0.6) is 0 Å². The van der Waals surface area contributed by atoms with Gasteiger partial charge in [0, 0.05) is 26.7 Å². The lowest BCUT2D eigenvalue weighted by Gasteiger charge is -2.13. The van der Waals surface area contributed by atoms with Crippen LogP contribution in [0.1, 0.15) is 0 Å². The number of carbonyl (C=O) groups excluding carboxylic acids is 2. The molecule has 0 saturated carbocycles. The highest BCUT2D eigenvalue weighted by atomic mass is 16.5. The molecule has 0 bridgehead atoms. The van der Waals surface area contributed by atoms with Crippen molar-refractivity contribution in [3.8, 4) is 0 Å². The molecule has 0 aromatic rings. The van der Waals surface area contributed by atoms with Crippen LogP contribution in [-0.2, 0) is 9.53 Å². The van der Waals surface area contributed by atoms with Crippen LogP contribution in [0.2, 0.25) is 0 Å². The van der Waals surface area contributed by atoms with Gasteiger partial charge in [0.25, 0.3) is 0 Å². The number of rotatable bonds is 5. The number of imide groups is 1. The van der Waals surface area contributed by atoms with E-state index in [0.29, 0.717) is 13.2 Å². The maximum Gasteiger partial charge on any atom is 0.321 e. The molecule has 104 valence electrons. The standard InChI is InChI=1S/C10H19N3O5/c1-18-3-2-11-10(17)12-9(16)6-13-4-7(14)8(15)5-13/h7-8,14-15H,2-6H2,1H3,(H2,11,12,16,17)/t7-,8+. The summed E-state index contributed by atoms with van der Waals surface area (Å²) in [6.45, 7) is 1.09. The summed E-state index contributed by atoms with van der Waals surface area (Å²) in [7, 11) is 1.51. The number of likely N-dealkylation sites (tertiary alicyclic amines) is 1. The molecular weight excluding hydrogens is 242 g/mol. The molecule has 0 radical (unpaired) electrons. The van der Waals surface area contributed by atoms with Crippen LogP contribution in [0, 0.1) is 0 Å². The summed E-state index contributed by atoms with van der Waals surface area (Å²) in [5, 5.41) is 23.2. The summed E-state index contributed by atoms with van der Waals surface area (Å²) >= 11 is 0. The molecule has 1 saturated heterocycles. The zero-order chi connectivity index (χ0) is 13.5. The Kier molecular flexibility index (Phi) is 5.99. The van der Waals surface area contributed by atoms with Crippen molar-refractivity contribution in [1.29, 1.82) is 0 Å². The van der Waals surface area contributed by atoms with Crippen LogP contribution in [0.15, 0.2) is 0 Å². The van der Waals surface area contributed by atoms with Gasteiger partial charge < -0.3 is 20.3 Å². The third-order valence-corrected chi connectivity index (χ3v) is 2.55. The van der Waals surface area contributed by atoms with E-state index in [2.05, 4.69) is 10.6 Å². The molecule has 18 heavy (non-hydrogen) atoms. The second kappa shape index (κ2) is 7.27. The molecule has 4 N–H and O–H groups in total. The Morgan fingerprint density at radius 2 is 1.94 bits per heavy atom. The number of aliphatic hydroxyl groups is 2. The molecule has 1 aliphatic rings. The first kappa shape index (κ1) is 14.8. The highest BCUT2D eigenvalue weighted by Crippen LogP contribution is 2.08. The van der Waals surface area contributed by atoms with Crippen LogP contribution in [0.25, 0.3) is 0 Å². The number of amides is 3. The lowest BCUT2D eigenvalue weighted by molar-refractivity contribution is -0.121. The molecule has 1 aliphatic heterocycles. The molecular formula is C10H19N3O5. The summed E-state index contributed by atoms with van der Waals surface area (Å²) in [4.78, 5) is 24.2. The van der Waals surface area contributed by atoms with E-state index in [0.717, 1.165) is 0 Å². The Morgan fingerprint density at radius 1 is 1.33 bits per heavy atom. The Morgan fingerprint density at radius 3 is 2.50 bits per heavy atom. The van der Waals surface area contributed by atoms with E-state index in [1.165, 1.54) is 7.11 Å². The molecule has 0 aromatic heterocycles. The van der Waals surface area contributed by atoms with E-state index in [1.54, 1.807) is 4.90 Å². The summed E-state index contributed by atoms with van der Waals surface area (Å²) in [5.74, 6) is -0.480. The molecule has 0 aliphatic carbocycles. The van der Waals surface area contributed by atoms with E-state index in [1.807, 2.05) is 0 Å². The van der Waals surface area contributed by atoms with Crippen LogP contribution in [0.3, 0.4) is 0 Å². The highest BCUT2D eigenvalue weighted by Gasteiger charge is 2.30. The fourth-order valence-electron chi connectivity index (χ4n) is 1.66. The SMILES string of the molecule is COCCNC(=O)NC(=O)CN1C[C@@H](O)[C@@H](O)C1. The number of aliphatic hydroxyl groups excluding tert-OH is 2. The van der Waals surface area contributed by atoms with Crippen LogP contribution < -0.4 is 10.6 Å².